The van der Waals surface area contributed by atoms with Crippen LogP contribution in [-0.2, 0) is 14.8 Å². The highest BCUT2D eigenvalue weighted by Gasteiger charge is 2.35. The Morgan fingerprint density at radius 3 is 2.43 bits per heavy atom. The molecule has 0 bridgehead atoms. The first kappa shape index (κ1) is 26.4. The van der Waals surface area contributed by atoms with Crippen LogP contribution in [0, 0.1) is 6.92 Å². The van der Waals surface area contributed by atoms with Crippen LogP contribution in [0.2, 0.25) is 5.02 Å². The molecular weight excluding hydrogens is 524 g/mol. The fourth-order valence-corrected chi connectivity index (χ4v) is 4.83. The molecule has 0 radical (unpaired) electrons. The van der Waals surface area contributed by atoms with Crippen molar-refractivity contribution in [3.63, 3.8) is 0 Å². The van der Waals surface area contributed by atoms with E-state index in [-0.39, 0.29) is 17.6 Å². The molecule has 196 valence electrons. The Morgan fingerprint density at radius 2 is 1.81 bits per heavy atom. The van der Waals surface area contributed by atoms with Crippen molar-refractivity contribution in [1.82, 2.24) is 34.7 Å². The lowest BCUT2D eigenvalue weighted by Crippen LogP contribution is -2.33. The van der Waals surface area contributed by atoms with Crippen LogP contribution in [0.3, 0.4) is 0 Å². The monoisotopic (exact) mass is 548 g/mol. The van der Waals surface area contributed by atoms with Gasteiger partial charge in [0.2, 0.25) is 27.7 Å². The van der Waals surface area contributed by atoms with Crippen molar-refractivity contribution in [2.75, 3.05) is 18.9 Å². The molecule has 0 aliphatic heterocycles. The number of aryl methyl sites for hydroxylation is 1. The first-order valence-corrected chi connectivity index (χ1v) is 13.0. The number of rotatable bonds is 10. The lowest BCUT2D eigenvalue weighted by Gasteiger charge is -2.23. The molecule has 0 aromatic carbocycles. The average Bonchev–Trinajstić information content (AvgIpc) is 3.51. The van der Waals surface area contributed by atoms with Gasteiger partial charge >= 0.3 is 0 Å². The minimum atomic E-state index is -4.11. The van der Waals surface area contributed by atoms with Gasteiger partial charge in [-0.1, -0.05) is 17.7 Å². The summed E-state index contributed by atoms with van der Waals surface area (Å²) in [7, 11) is -1.24. The normalized spacial score (nSPS) is 14.2. The van der Waals surface area contributed by atoms with Crippen molar-refractivity contribution in [3.05, 3.63) is 59.3 Å². The van der Waals surface area contributed by atoms with E-state index in [1.165, 1.54) is 38.1 Å². The fourth-order valence-electron chi connectivity index (χ4n) is 3.59. The molecule has 4 aromatic rings. The largest absolute Gasteiger partial charge is 0.481 e. The van der Waals surface area contributed by atoms with Gasteiger partial charge in [-0.3, -0.25) is 9.29 Å². The fraction of sp³-hybridized carbons (Fsp3) is 0.364. The van der Waals surface area contributed by atoms with E-state index in [0.29, 0.717) is 28.2 Å². The quantitative estimate of drug-likeness (QED) is 0.310. The second kappa shape index (κ2) is 10.8. The standard InChI is InChI=1S/C22H25ClN8O5S/c1-12-9-26-21(36-12)13(2)31-20(16-7-6-8-17(27-16)34-4)28-29-22(31)30-37(32,33)14(3)18(35-5)19-24-10-15(23)11-25-19/h6-11,13-14,18H,1-5H3,(H,29,30)/t13-,14+,18+/m1/s1. The smallest absolute Gasteiger partial charge is 0.240 e. The van der Waals surface area contributed by atoms with E-state index in [4.69, 9.17) is 25.5 Å². The minimum absolute atomic E-state index is 0.0679. The highest BCUT2D eigenvalue weighted by molar-refractivity contribution is 7.93. The van der Waals surface area contributed by atoms with E-state index >= 15 is 0 Å². The molecule has 4 rings (SSSR count). The minimum Gasteiger partial charge on any atom is -0.481 e. The first-order valence-electron chi connectivity index (χ1n) is 11.0. The van der Waals surface area contributed by atoms with Crippen molar-refractivity contribution < 1.29 is 22.3 Å². The number of nitrogens with zero attached hydrogens (tertiary/aromatic N) is 7. The topological polar surface area (TPSA) is 160 Å². The SMILES string of the molecule is COc1cccc(-c2nnc(NS(=O)(=O)[C@@H](C)[C@H](OC)c3ncc(Cl)cn3)n2[C@H](C)c2ncc(C)o2)n1. The van der Waals surface area contributed by atoms with Crippen molar-refractivity contribution in [3.8, 4) is 17.4 Å². The van der Waals surface area contributed by atoms with E-state index in [9.17, 15) is 8.42 Å². The van der Waals surface area contributed by atoms with Crippen LogP contribution in [0.5, 0.6) is 5.88 Å². The Hall–Kier alpha value is -3.62. The molecule has 0 saturated carbocycles. The van der Waals surface area contributed by atoms with E-state index < -0.39 is 27.4 Å². The van der Waals surface area contributed by atoms with Gasteiger partial charge in [0, 0.05) is 25.6 Å². The van der Waals surface area contributed by atoms with Gasteiger partial charge in [0.1, 0.15) is 28.8 Å². The number of methoxy groups -OCH3 is 2. The van der Waals surface area contributed by atoms with Crippen LogP contribution >= 0.6 is 11.6 Å². The Kier molecular flexibility index (Phi) is 7.71. The number of hydrogen-bond donors (Lipinski definition) is 1. The number of aromatic nitrogens is 7. The van der Waals surface area contributed by atoms with Crippen LogP contribution in [0.15, 0.2) is 41.2 Å². The summed E-state index contributed by atoms with van der Waals surface area (Å²) in [6.45, 7) is 5.01. The van der Waals surface area contributed by atoms with Gasteiger partial charge in [-0.2, -0.15) is 0 Å². The maximum Gasteiger partial charge on any atom is 0.240 e. The molecule has 0 fully saturated rings. The number of ether oxygens (including phenoxy) is 2. The summed E-state index contributed by atoms with van der Waals surface area (Å²) in [5.74, 6) is 1.65. The summed E-state index contributed by atoms with van der Waals surface area (Å²) in [5, 5.41) is 7.53. The van der Waals surface area contributed by atoms with Crippen molar-refractivity contribution in [2.24, 2.45) is 0 Å². The molecular formula is C22H25ClN8O5S. The molecule has 0 saturated heterocycles. The summed E-state index contributed by atoms with van der Waals surface area (Å²) >= 11 is 5.87. The van der Waals surface area contributed by atoms with Crippen LogP contribution in [0.25, 0.3) is 11.5 Å². The summed E-state index contributed by atoms with van der Waals surface area (Å²) in [4.78, 5) is 16.9. The molecule has 0 aliphatic rings. The molecule has 0 unspecified atom stereocenters. The zero-order chi connectivity index (χ0) is 26.7. The summed E-state index contributed by atoms with van der Waals surface area (Å²) in [5.41, 5.74) is 0.407. The third kappa shape index (κ3) is 5.55. The Balaban J connectivity index is 1.74. The lowest BCUT2D eigenvalue weighted by atomic mass is 10.2. The molecule has 0 spiro atoms. The van der Waals surface area contributed by atoms with Crippen LogP contribution in [0.4, 0.5) is 5.95 Å². The van der Waals surface area contributed by atoms with Crippen LogP contribution < -0.4 is 9.46 Å². The van der Waals surface area contributed by atoms with Gasteiger partial charge in [-0.05, 0) is 26.8 Å². The van der Waals surface area contributed by atoms with Crippen LogP contribution in [-0.4, -0.2) is 62.6 Å². The third-order valence-corrected chi connectivity index (χ3v) is 7.43. The van der Waals surface area contributed by atoms with E-state index in [1.807, 2.05) is 0 Å². The van der Waals surface area contributed by atoms with Crippen molar-refractivity contribution >= 4 is 27.6 Å². The summed E-state index contributed by atoms with van der Waals surface area (Å²) < 4.78 is 47.4. The van der Waals surface area contributed by atoms with Gasteiger partial charge < -0.3 is 13.9 Å². The summed E-state index contributed by atoms with van der Waals surface area (Å²) in [6, 6.07) is 4.52. The van der Waals surface area contributed by atoms with Gasteiger partial charge in [0.05, 0.1) is 18.3 Å². The maximum atomic E-state index is 13.5. The van der Waals surface area contributed by atoms with Crippen molar-refractivity contribution in [2.45, 2.75) is 38.2 Å². The zero-order valence-electron chi connectivity index (χ0n) is 20.7. The highest BCUT2D eigenvalue weighted by Crippen LogP contribution is 2.31. The van der Waals surface area contributed by atoms with Gasteiger partial charge in [-0.25, -0.2) is 28.4 Å². The highest BCUT2D eigenvalue weighted by atomic mass is 35.5. The maximum absolute atomic E-state index is 13.5. The molecule has 15 heteroatoms. The molecule has 13 nitrogen and oxygen atoms in total. The molecule has 37 heavy (non-hydrogen) atoms. The van der Waals surface area contributed by atoms with E-state index in [1.54, 1.807) is 38.2 Å². The lowest BCUT2D eigenvalue weighted by molar-refractivity contribution is 0.0950. The van der Waals surface area contributed by atoms with Gasteiger partial charge in [-0.15, -0.1) is 10.2 Å². The second-order valence-corrected chi connectivity index (χ2v) is 10.5. The predicted octanol–water partition coefficient (Wildman–Crippen LogP) is 3.22. The third-order valence-electron chi connectivity index (χ3n) is 5.54. The Bertz CT molecular complexity index is 1470. The number of nitrogens with one attached hydrogen (secondary N) is 1. The van der Waals surface area contributed by atoms with Crippen molar-refractivity contribution in [1.29, 1.82) is 0 Å². The van der Waals surface area contributed by atoms with E-state index in [0.717, 1.165) is 0 Å². The number of sulfonamides is 1. The second-order valence-electron chi connectivity index (χ2n) is 8.04. The number of oxazole rings is 1. The Morgan fingerprint density at radius 1 is 1.08 bits per heavy atom. The number of halogens is 1. The zero-order valence-corrected chi connectivity index (χ0v) is 22.2. The molecule has 0 aliphatic carbocycles. The van der Waals surface area contributed by atoms with Gasteiger partial charge in [0.15, 0.2) is 11.6 Å². The number of pyridine rings is 1. The Labute approximate surface area is 218 Å². The van der Waals surface area contributed by atoms with E-state index in [2.05, 4.69) is 34.9 Å². The molecule has 3 atom stereocenters. The van der Waals surface area contributed by atoms with Gasteiger partial charge in [0.25, 0.3) is 0 Å². The molecule has 4 heterocycles. The molecule has 0 amide bonds. The summed E-state index contributed by atoms with van der Waals surface area (Å²) in [6.07, 6.45) is 3.32. The predicted molar refractivity (Wildman–Crippen MR) is 134 cm³/mol. The number of hydrogen-bond acceptors (Lipinski definition) is 11. The molecule has 1 N–H and O–H groups in total. The van der Waals surface area contributed by atoms with Crippen LogP contribution in [0.1, 0.15) is 43.5 Å². The first-order chi connectivity index (χ1) is 17.6. The average molecular weight is 549 g/mol. The molecule has 4 aromatic heterocycles. The number of anilines is 1.